The molecule has 0 aliphatic carbocycles. The molecule has 1 aromatic carbocycles. The van der Waals surface area contributed by atoms with Crippen LogP contribution >= 0.6 is 11.8 Å². The van der Waals surface area contributed by atoms with Crippen molar-refractivity contribution in [2.45, 2.75) is 18.6 Å². The SMILES string of the molecule is CC1=NC(=O)N(C)C(=O)C1Cc1nnc(SCC(=O)c2ccccc2)o1. The molecule has 134 valence electrons. The number of ketones is 1. The number of hydrogen-bond donors (Lipinski definition) is 0. The van der Waals surface area contributed by atoms with Gasteiger partial charge in [0, 0.05) is 24.7 Å². The van der Waals surface area contributed by atoms with Crippen LogP contribution in [0.5, 0.6) is 0 Å². The molecule has 1 unspecified atom stereocenters. The third kappa shape index (κ3) is 3.88. The van der Waals surface area contributed by atoms with Crippen molar-refractivity contribution in [3.8, 4) is 0 Å². The predicted octanol–water partition coefficient (Wildman–Crippen LogP) is 2.26. The third-order valence-corrected chi connectivity index (χ3v) is 4.76. The van der Waals surface area contributed by atoms with E-state index in [1.807, 2.05) is 6.07 Å². The number of aliphatic imine (C=N–C) groups is 1. The number of benzene rings is 1. The summed E-state index contributed by atoms with van der Waals surface area (Å²) < 4.78 is 5.51. The number of Topliss-reactive ketones (excluding diaryl/α,β-unsaturated/α-hetero) is 1. The maximum Gasteiger partial charge on any atom is 0.349 e. The highest BCUT2D eigenvalue weighted by Gasteiger charge is 2.34. The second-order valence-corrected chi connectivity index (χ2v) is 6.66. The summed E-state index contributed by atoms with van der Waals surface area (Å²) in [6, 6.07) is 8.36. The molecule has 1 atom stereocenters. The van der Waals surface area contributed by atoms with Crippen molar-refractivity contribution in [2.75, 3.05) is 12.8 Å². The van der Waals surface area contributed by atoms with Gasteiger partial charge in [0.2, 0.25) is 11.8 Å². The fourth-order valence-electron chi connectivity index (χ4n) is 2.43. The molecule has 0 N–H and O–H groups in total. The van der Waals surface area contributed by atoms with E-state index in [1.54, 1.807) is 31.2 Å². The molecule has 0 spiro atoms. The van der Waals surface area contributed by atoms with Crippen LogP contribution in [0.2, 0.25) is 0 Å². The van der Waals surface area contributed by atoms with Crippen LogP contribution in [0, 0.1) is 5.92 Å². The number of hydrogen-bond acceptors (Lipinski definition) is 7. The lowest BCUT2D eigenvalue weighted by Crippen LogP contribution is -2.44. The second-order valence-electron chi connectivity index (χ2n) is 5.73. The second kappa shape index (κ2) is 7.61. The van der Waals surface area contributed by atoms with E-state index in [4.69, 9.17) is 4.42 Å². The Morgan fingerprint density at radius 1 is 1.23 bits per heavy atom. The highest BCUT2D eigenvalue weighted by molar-refractivity contribution is 7.99. The molecule has 26 heavy (non-hydrogen) atoms. The molecule has 1 aliphatic heterocycles. The van der Waals surface area contributed by atoms with Gasteiger partial charge in [-0.2, -0.15) is 0 Å². The molecule has 3 rings (SSSR count). The van der Waals surface area contributed by atoms with Gasteiger partial charge in [-0.1, -0.05) is 42.1 Å². The van der Waals surface area contributed by atoms with Gasteiger partial charge in [0.1, 0.15) is 0 Å². The largest absolute Gasteiger partial charge is 0.416 e. The van der Waals surface area contributed by atoms with Gasteiger partial charge < -0.3 is 4.42 Å². The molecule has 9 heteroatoms. The van der Waals surface area contributed by atoms with Crippen LogP contribution in [-0.2, 0) is 11.2 Å². The van der Waals surface area contributed by atoms with Crippen LogP contribution in [0.4, 0.5) is 4.79 Å². The minimum Gasteiger partial charge on any atom is -0.416 e. The van der Waals surface area contributed by atoms with Gasteiger partial charge in [-0.05, 0) is 6.92 Å². The molecular formula is C17H16N4O4S. The van der Waals surface area contributed by atoms with Crippen LogP contribution in [0.25, 0.3) is 0 Å². The number of carbonyl (C=O) groups excluding carboxylic acids is 3. The standard InChI is InChI=1S/C17H16N4O4S/c1-10-12(15(23)21(2)16(24)18-10)8-14-19-20-17(25-14)26-9-13(22)11-6-4-3-5-7-11/h3-7,12H,8-9H2,1-2H3. The van der Waals surface area contributed by atoms with Gasteiger partial charge in [0.15, 0.2) is 5.78 Å². The van der Waals surface area contributed by atoms with Crippen LogP contribution in [0.15, 0.2) is 45.0 Å². The Hall–Kier alpha value is -2.81. The van der Waals surface area contributed by atoms with Gasteiger partial charge >= 0.3 is 6.03 Å². The Kier molecular flexibility index (Phi) is 5.27. The molecule has 2 aromatic rings. The van der Waals surface area contributed by atoms with Crippen molar-refractivity contribution in [2.24, 2.45) is 10.9 Å². The van der Waals surface area contributed by atoms with Gasteiger partial charge in [-0.25, -0.2) is 9.79 Å². The summed E-state index contributed by atoms with van der Waals surface area (Å²) in [7, 11) is 1.39. The summed E-state index contributed by atoms with van der Waals surface area (Å²) >= 11 is 1.14. The predicted molar refractivity (Wildman–Crippen MR) is 94.3 cm³/mol. The molecule has 0 radical (unpaired) electrons. The molecule has 0 fully saturated rings. The lowest BCUT2D eigenvalue weighted by atomic mass is 9.97. The van der Waals surface area contributed by atoms with Gasteiger partial charge in [-0.3, -0.25) is 14.5 Å². The smallest absolute Gasteiger partial charge is 0.349 e. The summed E-state index contributed by atoms with van der Waals surface area (Å²) in [4.78, 5) is 40.6. The zero-order chi connectivity index (χ0) is 18.7. The molecule has 2 heterocycles. The summed E-state index contributed by atoms with van der Waals surface area (Å²) in [5.41, 5.74) is 1.04. The fourth-order valence-corrected chi connectivity index (χ4v) is 3.11. The van der Waals surface area contributed by atoms with Crippen molar-refractivity contribution >= 4 is 35.2 Å². The lowest BCUT2D eigenvalue weighted by Gasteiger charge is -2.24. The minimum absolute atomic E-state index is 0.0408. The first-order chi connectivity index (χ1) is 12.5. The maximum absolute atomic E-state index is 12.2. The van der Waals surface area contributed by atoms with E-state index in [0.717, 1.165) is 16.7 Å². The van der Waals surface area contributed by atoms with Crippen LogP contribution in [0.3, 0.4) is 0 Å². The first-order valence-electron chi connectivity index (χ1n) is 7.86. The third-order valence-electron chi connectivity index (χ3n) is 3.94. The normalized spacial score (nSPS) is 17.4. The van der Waals surface area contributed by atoms with Crippen LogP contribution in [-0.4, -0.2) is 51.3 Å². The van der Waals surface area contributed by atoms with E-state index >= 15 is 0 Å². The van der Waals surface area contributed by atoms with E-state index in [-0.39, 0.29) is 35.0 Å². The number of imide groups is 1. The van der Waals surface area contributed by atoms with E-state index < -0.39 is 11.9 Å². The number of urea groups is 1. The summed E-state index contributed by atoms with van der Waals surface area (Å²) in [5, 5.41) is 8.06. The number of rotatable bonds is 6. The van der Waals surface area contributed by atoms with Crippen LogP contribution in [0.1, 0.15) is 23.2 Å². The zero-order valence-corrected chi connectivity index (χ0v) is 15.0. The Bertz CT molecular complexity index is 878. The highest BCUT2D eigenvalue weighted by atomic mass is 32.2. The van der Waals surface area contributed by atoms with Gasteiger partial charge in [-0.15, -0.1) is 10.2 Å². The molecule has 0 saturated heterocycles. The van der Waals surface area contributed by atoms with Crippen molar-refractivity contribution in [3.63, 3.8) is 0 Å². The molecule has 0 bridgehead atoms. The van der Waals surface area contributed by atoms with Crippen molar-refractivity contribution < 1.29 is 18.8 Å². The average molecular weight is 372 g/mol. The average Bonchev–Trinajstić information content (AvgIpc) is 3.10. The van der Waals surface area contributed by atoms with E-state index in [1.165, 1.54) is 7.05 Å². The molecule has 3 amide bonds. The fraction of sp³-hybridized carbons (Fsp3) is 0.294. The van der Waals surface area contributed by atoms with E-state index in [9.17, 15) is 14.4 Å². The lowest BCUT2D eigenvalue weighted by molar-refractivity contribution is -0.129. The Morgan fingerprint density at radius 3 is 2.69 bits per heavy atom. The monoisotopic (exact) mass is 372 g/mol. The Morgan fingerprint density at radius 2 is 1.96 bits per heavy atom. The number of aromatic nitrogens is 2. The van der Waals surface area contributed by atoms with Gasteiger partial charge in [0.05, 0.1) is 11.7 Å². The molecule has 1 aromatic heterocycles. The number of thioether (sulfide) groups is 1. The topological polar surface area (TPSA) is 106 Å². The number of nitrogens with zero attached hydrogens (tertiary/aromatic N) is 4. The summed E-state index contributed by atoms with van der Waals surface area (Å²) in [5.74, 6) is -0.571. The Labute approximate surface area is 153 Å². The molecule has 1 aliphatic rings. The Balaban J connectivity index is 1.62. The zero-order valence-electron chi connectivity index (χ0n) is 14.2. The quantitative estimate of drug-likeness (QED) is 0.565. The summed E-state index contributed by atoms with van der Waals surface area (Å²) in [6.45, 7) is 1.62. The van der Waals surface area contributed by atoms with Gasteiger partial charge in [0.25, 0.3) is 5.22 Å². The molecule has 8 nitrogen and oxygen atoms in total. The van der Waals surface area contributed by atoms with Crippen molar-refractivity contribution in [3.05, 3.63) is 41.8 Å². The number of carbonyl (C=O) groups is 3. The van der Waals surface area contributed by atoms with Crippen molar-refractivity contribution in [1.82, 2.24) is 15.1 Å². The molecular weight excluding hydrogens is 356 g/mol. The minimum atomic E-state index is -0.609. The van der Waals surface area contributed by atoms with Crippen LogP contribution < -0.4 is 0 Å². The van der Waals surface area contributed by atoms with E-state index in [2.05, 4.69) is 15.2 Å². The first kappa shape index (κ1) is 18.0. The molecule has 0 saturated carbocycles. The maximum atomic E-state index is 12.2. The summed E-state index contributed by atoms with van der Waals surface area (Å²) in [6.07, 6.45) is 0.159. The highest BCUT2D eigenvalue weighted by Crippen LogP contribution is 2.21. The van der Waals surface area contributed by atoms with E-state index in [0.29, 0.717) is 11.3 Å². The first-order valence-corrected chi connectivity index (χ1v) is 8.84. The number of amides is 3. The van der Waals surface area contributed by atoms with Crippen molar-refractivity contribution in [1.29, 1.82) is 0 Å².